The number of rotatable bonds is 9. The summed E-state index contributed by atoms with van der Waals surface area (Å²) in [6.07, 6.45) is 10.5. The fourth-order valence-corrected chi connectivity index (χ4v) is 3.89. The molecule has 29 heavy (non-hydrogen) atoms. The number of hydrogen-bond donors (Lipinski definition) is 0. The standard InChI is InChI=1S/C24H28N2O3/c1-27-24-14-19(10-11-23(24)29-21-7-2-3-8-21)16-26(18-22-9-5-13-28-22)17-20-6-4-12-25-15-20/h4-6,9-15,21H,2-3,7-8,16-18H2,1H3. The predicted molar refractivity (Wildman–Crippen MR) is 112 cm³/mol. The minimum absolute atomic E-state index is 0.316. The van der Waals surface area contributed by atoms with Gasteiger partial charge in [0.05, 0.1) is 26.0 Å². The average Bonchev–Trinajstić information content (AvgIpc) is 3.44. The monoisotopic (exact) mass is 392 g/mol. The van der Waals surface area contributed by atoms with Gasteiger partial charge in [-0.05, 0) is 67.1 Å². The summed E-state index contributed by atoms with van der Waals surface area (Å²) in [6.45, 7) is 2.29. The highest BCUT2D eigenvalue weighted by atomic mass is 16.5. The van der Waals surface area contributed by atoms with Crippen molar-refractivity contribution in [3.8, 4) is 11.5 Å². The van der Waals surface area contributed by atoms with Crippen LogP contribution in [0.3, 0.4) is 0 Å². The van der Waals surface area contributed by atoms with Crippen molar-refractivity contribution in [1.29, 1.82) is 0 Å². The van der Waals surface area contributed by atoms with Gasteiger partial charge in [-0.3, -0.25) is 9.88 Å². The van der Waals surface area contributed by atoms with Gasteiger partial charge in [-0.2, -0.15) is 0 Å². The summed E-state index contributed by atoms with van der Waals surface area (Å²) in [5.41, 5.74) is 2.35. The number of aromatic nitrogens is 1. The maximum absolute atomic E-state index is 6.18. The third-order valence-electron chi connectivity index (χ3n) is 5.32. The molecule has 4 rings (SSSR count). The summed E-state index contributed by atoms with van der Waals surface area (Å²) in [5, 5.41) is 0. The zero-order valence-corrected chi connectivity index (χ0v) is 16.9. The van der Waals surface area contributed by atoms with Crippen molar-refractivity contribution in [3.05, 3.63) is 78.0 Å². The molecule has 0 amide bonds. The van der Waals surface area contributed by atoms with Crippen LogP contribution in [0.15, 0.2) is 65.5 Å². The number of methoxy groups -OCH3 is 1. The molecule has 2 aromatic heterocycles. The van der Waals surface area contributed by atoms with Crippen LogP contribution in [-0.2, 0) is 19.6 Å². The second-order valence-corrected chi connectivity index (χ2v) is 7.60. The molecule has 2 heterocycles. The molecule has 0 saturated heterocycles. The van der Waals surface area contributed by atoms with Crippen molar-refractivity contribution in [3.63, 3.8) is 0 Å². The molecular weight excluding hydrogens is 364 g/mol. The maximum Gasteiger partial charge on any atom is 0.161 e. The average molecular weight is 392 g/mol. The smallest absolute Gasteiger partial charge is 0.161 e. The quantitative estimate of drug-likeness (QED) is 0.500. The molecule has 1 aromatic carbocycles. The Bertz CT molecular complexity index is 874. The van der Waals surface area contributed by atoms with Gasteiger partial charge in [0, 0.05) is 25.5 Å². The zero-order valence-electron chi connectivity index (χ0n) is 16.9. The molecule has 1 saturated carbocycles. The minimum Gasteiger partial charge on any atom is -0.493 e. The molecule has 5 heteroatoms. The highest BCUT2D eigenvalue weighted by Crippen LogP contribution is 2.33. The predicted octanol–water partition coefficient (Wildman–Crippen LogP) is 5.21. The van der Waals surface area contributed by atoms with Gasteiger partial charge in [-0.1, -0.05) is 12.1 Å². The lowest BCUT2D eigenvalue weighted by Gasteiger charge is -2.22. The van der Waals surface area contributed by atoms with Crippen LogP contribution in [0.2, 0.25) is 0 Å². The van der Waals surface area contributed by atoms with Crippen LogP contribution < -0.4 is 9.47 Å². The fourth-order valence-electron chi connectivity index (χ4n) is 3.89. The lowest BCUT2D eigenvalue weighted by Crippen LogP contribution is -2.22. The van der Waals surface area contributed by atoms with Crippen LogP contribution in [0, 0.1) is 0 Å². The molecule has 0 unspecified atom stereocenters. The molecule has 0 aliphatic heterocycles. The van der Waals surface area contributed by atoms with Crippen molar-refractivity contribution >= 4 is 0 Å². The first-order chi connectivity index (χ1) is 14.3. The van der Waals surface area contributed by atoms with E-state index in [2.05, 4.69) is 28.1 Å². The summed E-state index contributed by atoms with van der Waals surface area (Å²) >= 11 is 0. The molecule has 1 aliphatic carbocycles. The first kappa shape index (κ1) is 19.5. The van der Waals surface area contributed by atoms with E-state index in [1.54, 1.807) is 19.6 Å². The van der Waals surface area contributed by atoms with Crippen LogP contribution in [0.25, 0.3) is 0 Å². The Labute approximate surface area is 172 Å². The number of pyridine rings is 1. The van der Waals surface area contributed by atoms with Crippen LogP contribution in [0.4, 0.5) is 0 Å². The van der Waals surface area contributed by atoms with Gasteiger partial charge in [-0.15, -0.1) is 0 Å². The first-order valence-electron chi connectivity index (χ1n) is 10.3. The lowest BCUT2D eigenvalue weighted by molar-refractivity contribution is 0.200. The SMILES string of the molecule is COc1cc(CN(Cc2cccnc2)Cc2ccco2)ccc1OC1CCCC1. The number of furan rings is 1. The second-order valence-electron chi connectivity index (χ2n) is 7.60. The summed E-state index contributed by atoms with van der Waals surface area (Å²) in [5.74, 6) is 2.59. The Balaban J connectivity index is 1.49. The Morgan fingerprint density at radius 3 is 2.59 bits per heavy atom. The van der Waals surface area contributed by atoms with Gasteiger partial charge < -0.3 is 13.9 Å². The molecule has 0 bridgehead atoms. The summed E-state index contributed by atoms with van der Waals surface area (Å²) < 4.78 is 17.4. The van der Waals surface area contributed by atoms with Gasteiger partial charge in [0.25, 0.3) is 0 Å². The molecule has 3 aromatic rings. The first-order valence-corrected chi connectivity index (χ1v) is 10.3. The van der Waals surface area contributed by atoms with E-state index in [4.69, 9.17) is 13.9 Å². The van der Waals surface area contributed by atoms with Crippen molar-refractivity contribution in [2.75, 3.05) is 7.11 Å². The molecular formula is C24H28N2O3. The van der Waals surface area contributed by atoms with Gasteiger partial charge >= 0.3 is 0 Å². The molecule has 0 spiro atoms. The van der Waals surface area contributed by atoms with E-state index in [1.165, 1.54) is 24.0 Å². The summed E-state index contributed by atoms with van der Waals surface area (Å²) in [4.78, 5) is 6.58. The largest absolute Gasteiger partial charge is 0.493 e. The van der Waals surface area contributed by atoms with Crippen LogP contribution >= 0.6 is 0 Å². The molecule has 152 valence electrons. The van der Waals surface area contributed by atoms with Gasteiger partial charge in [-0.25, -0.2) is 0 Å². The van der Waals surface area contributed by atoms with E-state index >= 15 is 0 Å². The molecule has 1 aliphatic rings. The Kier molecular flexibility index (Phi) is 6.47. The van der Waals surface area contributed by atoms with Crippen LogP contribution in [-0.4, -0.2) is 23.1 Å². The summed E-state index contributed by atoms with van der Waals surface area (Å²) in [6, 6.07) is 14.3. The highest BCUT2D eigenvalue weighted by molar-refractivity contribution is 5.43. The zero-order chi connectivity index (χ0) is 19.9. The van der Waals surface area contributed by atoms with Crippen molar-refractivity contribution in [2.24, 2.45) is 0 Å². The van der Waals surface area contributed by atoms with Gasteiger partial charge in [0.1, 0.15) is 5.76 Å². The Morgan fingerprint density at radius 2 is 1.86 bits per heavy atom. The van der Waals surface area contributed by atoms with E-state index in [0.29, 0.717) is 6.10 Å². The Hall–Kier alpha value is -2.79. The molecule has 1 fully saturated rings. The highest BCUT2D eigenvalue weighted by Gasteiger charge is 2.19. The molecule has 0 radical (unpaired) electrons. The minimum atomic E-state index is 0.316. The number of ether oxygens (including phenoxy) is 2. The van der Waals surface area contributed by atoms with Gasteiger partial charge in [0.2, 0.25) is 0 Å². The number of hydrogen-bond acceptors (Lipinski definition) is 5. The maximum atomic E-state index is 6.18. The van der Waals surface area contributed by atoms with Crippen LogP contribution in [0.5, 0.6) is 11.5 Å². The van der Waals surface area contributed by atoms with E-state index < -0.39 is 0 Å². The van der Waals surface area contributed by atoms with Crippen LogP contribution in [0.1, 0.15) is 42.6 Å². The van der Waals surface area contributed by atoms with E-state index in [9.17, 15) is 0 Å². The Morgan fingerprint density at radius 1 is 1.00 bits per heavy atom. The second kappa shape index (κ2) is 9.61. The topological polar surface area (TPSA) is 47.7 Å². The number of benzene rings is 1. The van der Waals surface area contributed by atoms with Crippen molar-refractivity contribution < 1.29 is 13.9 Å². The molecule has 0 N–H and O–H groups in total. The number of nitrogens with zero attached hydrogens (tertiary/aromatic N) is 2. The molecule has 5 nitrogen and oxygen atoms in total. The lowest BCUT2D eigenvalue weighted by atomic mass is 10.1. The summed E-state index contributed by atoms with van der Waals surface area (Å²) in [7, 11) is 1.71. The third kappa shape index (κ3) is 5.39. The fraction of sp³-hybridized carbons (Fsp3) is 0.375. The van der Waals surface area contributed by atoms with Gasteiger partial charge in [0.15, 0.2) is 11.5 Å². The van der Waals surface area contributed by atoms with Crippen molar-refractivity contribution in [2.45, 2.75) is 51.4 Å². The van der Waals surface area contributed by atoms with Crippen molar-refractivity contribution in [1.82, 2.24) is 9.88 Å². The van der Waals surface area contributed by atoms with E-state index in [0.717, 1.165) is 49.7 Å². The van der Waals surface area contributed by atoms with E-state index in [1.807, 2.05) is 30.5 Å². The third-order valence-corrected chi connectivity index (χ3v) is 5.32. The molecule has 0 atom stereocenters. The normalized spacial score (nSPS) is 14.4. The van der Waals surface area contributed by atoms with E-state index in [-0.39, 0.29) is 0 Å².